The van der Waals surface area contributed by atoms with E-state index in [4.69, 9.17) is 12.6 Å². The molecule has 1 aromatic carbocycles. The van der Waals surface area contributed by atoms with E-state index in [-0.39, 0.29) is 5.56 Å². The molecule has 0 spiro atoms. The maximum atomic E-state index is 9.71. The highest BCUT2D eigenvalue weighted by Crippen LogP contribution is 2.13. The summed E-state index contributed by atoms with van der Waals surface area (Å²) in [6, 6.07) is -2.92. The summed E-state index contributed by atoms with van der Waals surface area (Å²) < 4.78 is 37.3. The zero-order valence-corrected chi connectivity index (χ0v) is 6.18. The Bertz CT molecular complexity index is 392. The molecule has 1 rings (SSSR count). The van der Waals surface area contributed by atoms with Crippen LogP contribution in [0.15, 0.2) is 30.2 Å². The molecule has 0 fully saturated rings. The van der Waals surface area contributed by atoms with Crippen molar-refractivity contribution in [3.8, 4) is 0 Å². The van der Waals surface area contributed by atoms with Gasteiger partial charge >= 0.3 is 0 Å². The number of hydrogen-bond donors (Lipinski definition) is 2. The van der Waals surface area contributed by atoms with Gasteiger partial charge in [-0.25, -0.2) is 0 Å². The number of hydrogen-bond acceptors (Lipinski definition) is 2. The predicted molar refractivity (Wildman–Crippen MR) is 45.1 cm³/mol. The SMILES string of the molecule is [2H]c1c([2H])c([2H])c([C@H](O)C(C)N)c([2H])c1[2H]. The van der Waals surface area contributed by atoms with E-state index in [9.17, 15) is 5.11 Å². The van der Waals surface area contributed by atoms with Gasteiger partial charge in [-0.3, -0.25) is 0 Å². The van der Waals surface area contributed by atoms with E-state index >= 15 is 0 Å². The van der Waals surface area contributed by atoms with Crippen LogP contribution in [-0.4, -0.2) is 11.1 Å². The highest BCUT2D eigenvalue weighted by atomic mass is 16.3. The summed E-state index contributed by atoms with van der Waals surface area (Å²) in [6.45, 7) is 1.51. The first-order valence-corrected chi connectivity index (χ1v) is 3.29. The monoisotopic (exact) mass is 156 g/mol. The van der Waals surface area contributed by atoms with Gasteiger partial charge in [0.25, 0.3) is 0 Å². The Morgan fingerprint density at radius 1 is 1.45 bits per heavy atom. The minimum Gasteiger partial charge on any atom is -0.387 e. The molecule has 2 heteroatoms. The summed E-state index contributed by atoms with van der Waals surface area (Å²) in [5.74, 6) is 0. The van der Waals surface area contributed by atoms with Gasteiger partial charge in [0.1, 0.15) is 0 Å². The normalized spacial score (nSPS) is 22.3. The molecular formula is C9H13NO. The Hall–Kier alpha value is -0.860. The third-order valence-corrected chi connectivity index (χ3v) is 1.31. The zero-order valence-electron chi connectivity index (χ0n) is 11.2. The van der Waals surface area contributed by atoms with Crippen molar-refractivity contribution in [1.29, 1.82) is 0 Å². The second-order valence-corrected chi connectivity index (χ2v) is 2.34. The molecule has 0 bridgehead atoms. The van der Waals surface area contributed by atoms with Crippen LogP contribution in [0.3, 0.4) is 0 Å². The number of rotatable bonds is 2. The van der Waals surface area contributed by atoms with E-state index in [1.807, 2.05) is 0 Å². The number of benzene rings is 1. The number of nitrogens with two attached hydrogens (primary N) is 1. The minimum atomic E-state index is -1.27. The molecule has 60 valence electrons. The van der Waals surface area contributed by atoms with E-state index < -0.39 is 42.4 Å². The van der Waals surface area contributed by atoms with Gasteiger partial charge < -0.3 is 10.8 Å². The standard InChI is InChI=1S/C9H13NO/c1-7(10)9(11)8-5-3-2-4-6-8/h2-7,9,11H,10H2,1H3/t7?,9-/m1/s1/i2D,3D,4D,5D,6D. The second-order valence-electron chi connectivity index (χ2n) is 2.34. The van der Waals surface area contributed by atoms with E-state index in [1.165, 1.54) is 6.92 Å². The van der Waals surface area contributed by atoms with Crippen molar-refractivity contribution in [1.82, 2.24) is 0 Å². The fourth-order valence-electron chi connectivity index (χ4n) is 0.670. The molecule has 1 unspecified atom stereocenters. The second kappa shape index (κ2) is 3.51. The van der Waals surface area contributed by atoms with Crippen LogP contribution < -0.4 is 5.73 Å². The van der Waals surface area contributed by atoms with Crippen molar-refractivity contribution in [3.05, 3.63) is 35.8 Å². The van der Waals surface area contributed by atoms with Crippen molar-refractivity contribution in [2.75, 3.05) is 0 Å². The highest BCUT2D eigenvalue weighted by Gasteiger charge is 2.10. The van der Waals surface area contributed by atoms with Gasteiger partial charge in [-0.05, 0) is 12.5 Å². The molecule has 0 saturated heterocycles. The lowest BCUT2D eigenvalue weighted by Gasteiger charge is -2.13. The van der Waals surface area contributed by atoms with Crippen LogP contribution in [0, 0.1) is 0 Å². The largest absolute Gasteiger partial charge is 0.387 e. The first-order valence-electron chi connectivity index (χ1n) is 5.79. The van der Waals surface area contributed by atoms with Crippen LogP contribution in [0.2, 0.25) is 0 Å². The van der Waals surface area contributed by atoms with Crippen LogP contribution in [0.25, 0.3) is 0 Å². The fraction of sp³-hybridized carbons (Fsp3) is 0.333. The Balaban J connectivity index is 3.51. The molecule has 0 aliphatic carbocycles. The Labute approximate surface area is 73.7 Å². The summed E-state index contributed by atoms with van der Waals surface area (Å²) in [5.41, 5.74) is 5.31. The Morgan fingerprint density at radius 3 is 2.45 bits per heavy atom. The first kappa shape index (κ1) is 3.70. The lowest BCUT2D eigenvalue weighted by Crippen LogP contribution is -2.24. The van der Waals surface area contributed by atoms with Crippen LogP contribution in [0.4, 0.5) is 0 Å². The predicted octanol–water partition coefficient (Wildman–Crippen LogP) is 1.07. The molecule has 0 heterocycles. The lowest BCUT2D eigenvalue weighted by molar-refractivity contribution is 0.153. The van der Waals surface area contributed by atoms with Gasteiger partial charge in [-0.1, -0.05) is 30.2 Å². The molecule has 2 atom stereocenters. The van der Waals surface area contributed by atoms with Crippen molar-refractivity contribution in [2.45, 2.75) is 19.1 Å². The summed E-state index contributed by atoms with van der Waals surface area (Å²) in [6.07, 6.45) is -1.27. The number of aliphatic hydroxyl groups excluding tert-OH is 1. The maximum absolute atomic E-state index is 9.71. The average Bonchev–Trinajstić information content (AvgIpc) is 2.23. The molecule has 0 radical (unpaired) electrons. The van der Waals surface area contributed by atoms with Crippen LogP contribution >= 0.6 is 0 Å². The third kappa shape index (κ3) is 2.03. The van der Waals surface area contributed by atoms with Gasteiger partial charge in [0.2, 0.25) is 0 Å². The summed E-state index contributed by atoms with van der Waals surface area (Å²) in [7, 11) is 0. The molecule has 1 aromatic rings. The van der Waals surface area contributed by atoms with Crippen LogP contribution in [0.5, 0.6) is 0 Å². The van der Waals surface area contributed by atoms with Crippen molar-refractivity contribution in [3.63, 3.8) is 0 Å². The van der Waals surface area contributed by atoms with Gasteiger partial charge in [0.05, 0.1) is 13.0 Å². The van der Waals surface area contributed by atoms with Crippen molar-refractivity contribution in [2.24, 2.45) is 5.73 Å². The van der Waals surface area contributed by atoms with E-state index in [1.54, 1.807) is 0 Å². The summed E-state index contributed by atoms with van der Waals surface area (Å²) in [5, 5.41) is 9.71. The fourth-order valence-corrected chi connectivity index (χ4v) is 0.670. The molecule has 11 heavy (non-hydrogen) atoms. The molecule has 0 saturated carbocycles. The van der Waals surface area contributed by atoms with E-state index in [0.29, 0.717) is 0 Å². The van der Waals surface area contributed by atoms with Gasteiger partial charge in [0.15, 0.2) is 0 Å². The van der Waals surface area contributed by atoms with Crippen LogP contribution in [0.1, 0.15) is 25.4 Å². The first-order chi connectivity index (χ1) is 7.29. The topological polar surface area (TPSA) is 46.2 Å². The molecule has 0 aliphatic rings. The van der Waals surface area contributed by atoms with Crippen molar-refractivity contribution >= 4 is 0 Å². The minimum absolute atomic E-state index is 0.152. The maximum Gasteiger partial charge on any atom is 0.0938 e. The van der Waals surface area contributed by atoms with Crippen LogP contribution in [-0.2, 0) is 0 Å². The lowest BCUT2D eigenvalue weighted by atomic mass is 10.0. The van der Waals surface area contributed by atoms with E-state index in [0.717, 1.165) is 0 Å². The van der Waals surface area contributed by atoms with Gasteiger partial charge in [-0.2, -0.15) is 0 Å². The van der Waals surface area contributed by atoms with Crippen molar-refractivity contribution < 1.29 is 12.0 Å². The van der Waals surface area contributed by atoms with Gasteiger partial charge in [0, 0.05) is 6.04 Å². The summed E-state index contributed by atoms with van der Waals surface area (Å²) in [4.78, 5) is 0. The molecular weight excluding hydrogens is 138 g/mol. The Morgan fingerprint density at radius 2 is 2.00 bits per heavy atom. The van der Waals surface area contributed by atoms with Gasteiger partial charge in [-0.15, -0.1) is 0 Å². The summed E-state index contributed by atoms with van der Waals surface area (Å²) >= 11 is 0. The molecule has 2 nitrogen and oxygen atoms in total. The smallest absolute Gasteiger partial charge is 0.0938 e. The average molecular weight is 156 g/mol. The quantitative estimate of drug-likeness (QED) is 0.672. The highest BCUT2D eigenvalue weighted by molar-refractivity contribution is 5.18. The molecule has 0 aliphatic heterocycles. The molecule has 0 aromatic heterocycles. The third-order valence-electron chi connectivity index (χ3n) is 1.31. The zero-order chi connectivity index (χ0) is 12.6. The Kier molecular flexibility index (Phi) is 1.18. The number of aliphatic hydroxyl groups is 1. The van der Waals surface area contributed by atoms with E-state index in [2.05, 4.69) is 0 Å². The molecule has 3 N–H and O–H groups in total. The molecule has 0 amide bonds.